The predicted molar refractivity (Wildman–Crippen MR) is 92.5 cm³/mol. The van der Waals surface area contributed by atoms with Gasteiger partial charge in [0, 0.05) is 18.7 Å². The molecular weight excluding hydrogens is 328 g/mol. The lowest BCUT2D eigenvalue weighted by atomic mass is 10.3. The normalized spacial score (nSPS) is 11.0. The lowest BCUT2D eigenvalue weighted by Gasteiger charge is -2.09. The Bertz CT molecular complexity index is 759. The zero-order chi connectivity index (χ0) is 17.4. The van der Waals surface area contributed by atoms with Gasteiger partial charge in [-0.1, -0.05) is 25.1 Å². The Hall–Kier alpha value is -2.38. The van der Waals surface area contributed by atoms with Crippen LogP contribution >= 0.6 is 0 Å². The van der Waals surface area contributed by atoms with Crippen LogP contribution in [0.2, 0.25) is 0 Å². The summed E-state index contributed by atoms with van der Waals surface area (Å²) in [5.41, 5.74) is 0.563. The highest BCUT2D eigenvalue weighted by molar-refractivity contribution is 7.89. The quantitative estimate of drug-likeness (QED) is 0.718. The maximum Gasteiger partial charge on any atom is 0.240 e. The highest BCUT2D eigenvalue weighted by Gasteiger charge is 2.13. The van der Waals surface area contributed by atoms with Gasteiger partial charge in [-0.05, 0) is 36.4 Å². The fraction of sp³-hybridized carbons (Fsp3) is 0.235. The fourth-order valence-corrected chi connectivity index (χ4v) is 2.92. The summed E-state index contributed by atoms with van der Waals surface area (Å²) in [7, 11) is -3.61. The predicted octanol–water partition coefficient (Wildman–Crippen LogP) is 2.39. The molecule has 0 saturated carbocycles. The monoisotopic (exact) mass is 348 g/mol. The van der Waals surface area contributed by atoms with E-state index in [1.54, 1.807) is 31.2 Å². The van der Waals surface area contributed by atoms with Crippen LogP contribution in [0.4, 0.5) is 5.69 Å². The molecule has 6 nitrogen and oxygen atoms in total. The number of carbonyl (C=O) groups excluding carboxylic acids is 1. The number of ether oxygens (including phenoxy) is 1. The van der Waals surface area contributed by atoms with Gasteiger partial charge in [0.2, 0.25) is 15.9 Å². The summed E-state index contributed by atoms with van der Waals surface area (Å²) in [5, 5.41) is 2.67. The zero-order valence-corrected chi connectivity index (χ0v) is 14.2. The van der Waals surface area contributed by atoms with Crippen molar-refractivity contribution in [3.8, 4) is 5.75 Å². The third-order valence-electron chi connectivity index (χ3n) is 3.18. The summed E-state index contributed by atoms with van der Waals surface area (Å²) in [6.45, 7) is 2.13. The van der Waals surface area contributed by atoms with E-state index in [-0.39, 0.29) is 24.0 Å². The molecule has 0 spiro atoms. The third kappa shape index (κ3) is 5.36. The Balaban J connectivity index is 1.86. The van der Waals surface area contributed by atoms with Crippen LogP contribution in [0.25, 0.3) is 0 Å². The first-order valence-electron chi connectivity index (χ1n) is 7.58. The molecule has 0 unspecified atom stereocenters. The molecule has 0 aliphatic rings. The average Bonchev–Trinajstić information content (AvgIpc) is 2.60. The molecule has 0 aliphatic heterocycles. The van der Waals surface area contributed by atoms with Gasteiger partial charge in [0.1, 0.15) is 12.4 Å². The van der Waals surface area contributed by atoms with Crippen molar-refractivity contribution in [2.75, 3.05) is 18.5 Å². The van der Waals surface area contributed by atoms with E-state index in [1.165, 1.54) is 12.1 Å². The highest BCUT2D eigenvalue weighted by atomic mass is 32.2. The second-order valence-electron chi connectivity index (χ2n) is 4.99. The number of carbonyl (C=O) groups is 1. The van der Waals surface area contributed by atoms with Gasteiger partial charge >= 0.3 is 0 Å². The second kappa shape index (κ2) is 8.47. The largest absolute Gasteiger partial charge is 0.492 e. The number of benzene rings is 2. The molecule has 128 valence electrons. The maximum atomic E-state index is 12.2. The molecule has 0 heterocycles. The summed E-state index contributed by atoms with van der Waals surface area (Å²) in [6.07, 6.45) is 0.364. The summed E-state index contributed by atoms with van der Waals surface area (Å²) < 4.78 is 32.3. The molecule has 0 bridgehead atoms. The van der Waals surface area contributed by atoms with Crippen molar-refractivity contribution in [1.82, 2.24) is 4.72 Å². The van der Waals surface area contributed by atoms with Gasteiger partial charge in [-0.2, -0.15) is 0 Å². The fourth-order valence-electron chi connectivity index (χ4n) is 1.91. The number of anilines is 1. The molecule has 0 atom stereocenters. The number of nitrogens with one attached hydrogen (secondary N) is 2. The smallest absolute Gasteiger partial charge is 0.240 e. The van der Waals surface area contributed by atoms with Gasteiger partial charge in [-0.3, -0.25) is 4.79 Å². The Morgan fingerprint density at radius 3 is 2.33 bits per heavy atom. The average molecular weight is 348 g/mol. The first-order chi connectivity index (χ1) is 11.5. The van der Waals surface area contributed by atoms with Crippen LogP contribution in [0.5, 0.6) is 5.75 Å². The van der Waals surface area contributed by atoms with Crippen LogP contribution in [0.15, 0.2) is 59.5 Å². The van der Waals surface area contributed by atoms with Crippen molar-refractivity contribution in [1.29, 1.82) is 0 Å². The number of hydrogen-bond donors (Lipinski definition) is 2. The molecule has 0 aliphatic carbocycles. The Morgan fingerprint density at radius 1 is 1.04 bits per heavy atom. The standard InChI is InChI=1S/C17H20N2O4S/c1-2-17(20)19-14-8-10-16(11-9-14)24(21,22)18-12-13-23-15-6-4-3-5-7-15/h3-11,18H,2,12-13H2,1H3,(H,19,20). The van der Waals surface area contributed by atoms with Gasteiger partial charge < -0.3 is 10.1 Å². The zero-order valence-electron chi connectivity index (χ0n) is 13.4. The SMILES string of the molecule is CCC(=O)Nc1ccc(S(=O)(=O)NCCOc2ccccc2)cc1. The summed E-state index contributed by atoms with van der Waals surface area (Å²) in [6, 6.07) is 15.2. The number of sulfonamides is 1. The van der Waals surface area contributed by atoms with Gasteiger partial charge in [0.25, 0.3) is 0 Å². The van der Waals surface area contributed by atoms with E-state index in [4.69, 9.17) is 4.74 Å². The molecule has 2 aromatic rings. The Kier molecular flexibility index (Phi) is 6.34. The van der Waals surface area contributed by atoms with E-state index in [2.05, 4.69) is 10.0 Å². The minimum absolute atomic E-state index is 0.123. The van der Waals surface area contributed by atoms with Crippen molar-refractivity contribution in [2.24, 2.45) is 0 Å². The molecular formula is C17H20N2O4S. The van der Waals surface area contributed by atoms with E-state index in [9.17, 15) is 13.2 Å². The number of amides is 1. The minimum atomic E-state index is -3.61. The first kappa shape index (κ1) is 18.0. The van der Waals surface area contributed by atoms with Crippen molar-refractivity contribution in [3.05, 3.63) is 54.6 Å². The lowest BCUT2D eigenvalue weighted by Crippen LogP contribution is -2.28. The molecule has 2 aromatic carbocycles. The minimum Gasteiger partial charge on any atom is -0.492 e. The maximum absolute atomic E-state index is 12.2. The summed E-state index contributed by atoms with van der Waals surface area (Å²) >= 11 is 0. The van der Waals surface area contributed by atoms with Crippen LogP contribution in [0.1, 0.15) is 13.3 Å². The van der Waals surface area contributed by atoms with Crippen LogP contribution in [0, 0.1) is 0 Å². The van der Waals surface area contributed by atoms with E-state index >= 15 is 0 Å². The first-order valence-corrected chi connectivity index (χ1v) is 9.07. The molecule has 7 heteroatoms. The van der Waals surface area contributed by atoms with Crippen LogP contribution in [-0.2, 0) is 14.8 Å². The number of rotatable bonds is 8. The topological polar surface area (TPSA) is 84.5 Å². The van der Waals surface area contributed by atoms with E-state index in [0.29, 0.717) is 17.9 Å². The van der Waals surface area contributed by atoms with Crippen molar-refractivity contribution < 1.29 is 17.9 Å². The summed E-state index contributed by atoms with van der Waals surface area (Å²) in [4.78, 5) is 11.4. The van der Waals surface area contributed by atoms with Gasteiger partial charge in [0.05, 0.1) is 4.90 Å². The number of para-hydroxylation sites is 1. The molecule has 0 radical (unpaired) electrons. The molecule has 2 N–H and O–H groups in total. The Labute approximate surface area is 141 Å². The molecule has 1 amide bonds. The molecule has 2 rings (SSSR count). The molecule has 0 fully saturated rings. The number of hydrogen-bond acceptors (Lipinski definition) is 4. The van der Waals surface area contributed by atoms with Gasteiger partial charge in [-0.15, -0.1) is 0 Å². The van der Waals surface area contributed by atoms with Crippen LogP contribution in [-0.4, -0.2) is 27.5 Å². The van der Waals surface area contributed by atoms with Crippen LogP contribution in [0.3, 0.4) is 0 Å². The second-order valence-corrected chi connectivity index (χ2v) is 6.75. The van der Waals surface area contributed by atoms with E-state index in [1.807, 2.05) is 18.2 Å². The Morgan fingerprint density at radius 2 is 1.71 bits per heavy atom. The third-order valence-corrected chi connectivity index (χ3v) is 4.65. The molecule has 0 saturated heterocycles. The van der Waals surface area contributed by atoms with E-state index in [0.717, 1.165) is 0 Å². The molecule has 0 aromatic heterocycles. The van der Waals surface area contributed by atoms with Gasteiger partial charge in [-0.25, -0.2) is 13.1 Å². The van der Waals surface area contributed by atoms with Crippen molar-refractivity contribution in [3.63, 3.8) is 0 Å². The van der Waals surface area contributed by atoms with Crippen LogP contribution < -0.4 is 14.8 Å². The van der Waals surface area contributed by atoms with Gasteiger partial charge in [0.15, 0.2) is 0 Å². The van der Waals surface area contributed by atoms with Crippen molar-refractivity contribution in [2.45, 2.75) is 18.2 Å². The molecule has 24 heavy (non-hydrogen) atoms. The summed E-state index contributed by atoms with van der Waals surface area (Å²) in [5.74, 6) is 0.564. The lowest BCUT2D eigenvalue weighted by molar-refractivity contribution is -0.115. The van der Waals surface area contributed by atoms with Crippen molar-refractivity contribution >= 4 is 21.6 Å². The van der Waals surface area contributed by atoms with E-state index < -0.39 is 10.0 Å². The highest BCUT2D eigenvalue weighted by Crippen LogP contribution is 2.14.